The highest BCUT2D eigenvalue weighted by atomic mass is 16.3. The molecule has 2 aromatic heterocycles. The lowest BCUT2D eigenvalue weighted by molar-refractivity contribution is 0.0499. The lowest BCUT2D eigenvalue weighted by Crippen LogP contribution is -2.53. The third-order valence-electron chi connectivity index (χ3n) is 6.02. The van der Waals surface area contributed by atoms with Gasteiger partial charge in [-0.05, 0) is 55.8 Å². The third-order valence-corrected chi connectivity index (χ3v) is 6.02. The number of piperazine rings is 1. The van der Waals surface area contributed by atoms with Crippen molar-refractivity contribution >= 4 is 5.91 Å². The highest BCUT2D eigenvalue weighted by Gasteiger charge is 2.27. The molecule has 0 aliphatic carbocycles. The van der Waals surface area contributed by atoms with Crippen LogP contribution in [0.25, 0.3) is 16.9 Å². The molecule has 1 atom stereocenters. The predicted octanol–water partition coefficient (Wildman–Crippen LogP) is 2.99. The van der Waals surface area contributed by atoms with E-state index in [0.29, 0.717) is 29.1 Å². The molecule has 1 fully saturated rings. The summed E-state index contributed by atoms with van der Waals surface area (Å²) in [6, 6.07) is 10.9. The average molecular weight is 431 g/mol. The lowest BCUT2D eigenvalue weighted by atomic mass is 10.0. The smallest absolute Gasteiger partial charge is 0.255 e. The number of nitrogens with zero attached hydrogens (tertiary/aromatic N) is 6. The first kappa shape index (κ1) is 21.5. The minimum Gasteiger partial charge on any atom is -0.493 e. The Kier molecular flexibility index (Phi) is 5.93. The Morgan fingerprint density at radius 3 is 2.66 bits per heavy atom. The summed E-state index contributed by atoms with van der Waals surface area (Å²) in [5.41, 5.74) is 3.28. The molecule has 3 heterocycles. The largest absolute Gasteiger partial charge is 0.493 e. The van der Waals surface area contributed by atoms with Crippen LogP contribution in [0.5, 0.6) is 5.88 Å². The number of hydrogen-bond acceptors (Lipinski definition) is 6. The van der Waals surface area contributed by atoms with Crippen LogP contribution in [-0.2, 0) is 0 Å². The molecular formula is C24H26N6O2. The van der Waals surface area contributed by atoms with Crippen LogP contribution < -0.4 is 0 Å². The van der Waals surface area contributed by atoms with E-state index in [0.717, 1.165) is 30.8 Å². The first-order valence-electron chi connectivity index (χ1n) is 10.7. The molecule has 3 aromatic rings. The van der Waals surface area contributed by atoms with Gasteiger partial charge in [0.05, 0.1) is 29.0 Å². The van der Waals surface area contributed by atoms with Crippen molar-refractivity contribution in [1.29, 1.82) is 5.26 Å². The van der Waals surface area contributed by atoms with Gasteiger partial charge in [0.25, 0.3) is 5.91 Å². The molecule has 0 unspecified atom stereocenters. The molecule has 0 radical (unpaired) electrons. The molecule has 1 aliphatic heterocycles. The van der Waals surface area contributed by atoms with E-state index < -0.39 is 0 Å². The van der Waals surface area contributed by atoms with Gasteiger partial charge in [0, 0.05) is 31.9 Å². The zero-order valence-electron chi connectivity index (χ0n) is 18.5. The quantitative estimate of drug-likeness (QED) is 0.683. The van der Waals surface area contributed by atoms with Crippen LogP contribution in [0.2, 0.25) is 0 Å². The number of hydrogen-bond donors (Lipinski definition) is 1. The summed E-state index contributed by atoms with van der Waals surface area (Å²) >= 11 is 0. The second kappa shape index (κ2) is 8.81. The Morgan fingerprint density at radius 2 is 2.03 bits per heavy atom. The summed E-state index contributed by atoms with van der Waals surface area (Å²) < 4.78 is 1.34. The summed E-state index contributed by atoms with van der Waals surface area (Å²) in [6.07, 6.45) is 3.10. The Bertz CT molecular complexity index is 1180. The number of rotatable bonds is 4. The number of pyridine rings is 1. The van der Waals surface area contributed by atoms with Gasteiger partial charge < -0.3 is 10.0 Å². The number of aromatic hydroxyl groups is 1. The Balaban J connectivity index is 1.55. The van der Waals surface area contributed by atoms with Crippen molar-refractivity contribution in [3.63, 3.8) is 0 Å². The predicted molar refractivity (Wildman–Crippen MR) is 121 cm³/mol. The Hall–Kier alpha value is -3.70. The maximum Gasteiger partial charge on any atom is 0.255 e. The van der Waals surface area contributed by atoms with Gasteiger partial charge >= 0.3 is 0 Å². The number of carbonyl (C=O) groups is 1. The van der Waals surface area contributed by atoms with Crippen LogP contribution in [-0.4, -0.2) is 67.8 Å². The molecule has 1 N–H and O–H groups in total. The SMILES string of the molecule is CCN1CCN(C(=O)c2ccc(-n3ncc(-c4ccc(C#N)cc4C)c3O)nc2)[C@H](C)C1. The van der Waals surface area contributed by atoms with Crippen molar-refractivity contribution in [2.75, 3.05) is 26.2 Å². The highest BCUT2D eigenvalue weighted by Crippen LogP contribution is 2.33. The number of benzene rings is 1. The number of aryl methyl sites for hydroxylation is 1. The van der Waals surface area contributed by atoms with Crippen LogP contribution in [0.1, 0.15) is 35.3 Å². The fraction of sp³-hybridized carbons (Fsp3) is 0.333. The molecular weight excluding hydrogens is 404 g/mol. The fourth-order valence-corrected chi connectivity index (χ4v) is 4.16. The summed E-state index contributed by atoms with van der Waals surface area (Å²) in [6.45, 7) is 9.50. The molecule has 0 bridgehead atoms. The summed E-state index contributed by atoms with van der Waals surface area (Å²) in [7, 11) is 0. The molecule has 4 rings (SSSR count). The molecule has 8 heteroatoms. The van der Waals surface area contributed by atoms with Crippen LogP contribution in [0.3, 0.4) is 0 Å². The van der Waals surface area contributed by atoms with Crippen molar-refractivity contribution in [3.8, 4) is 28.9 Å². The molecule has 0 saturated carbocycles. The second-order valence-corrected chi connectivity index (χ2v) is 8.08. The first-order valence-corrected chi connectivity index (χ1v) is 10.7. The second-order valence-electron chi connectivity index (χ2n) is 8.08. The molecule has 164 valence electrons. The van der Waals surface area contributed by atoms with Crippen LogP contribution in [0, 0.1) is 18.3 Å². The topological polar surface area (TPSA) is 98.3 Å². The van der Waals surface area contributed by atoms with Gasteiger partial charge in [-0.3, -0.25) is 9.69 Å². The minimum atomic E-state index is -0.0475. The van der Waals surface area contributed by atoms with E-state index in [1.807, 2.05) is 11.8 Å². The van der Waals surface area contributed by atoms with Gasteiger partial charge in [-0.25, -0.2) is 4.98 Å². The van der Waals surface area contributed by atoms with Crippen LogP contribution in [0.4, 0.5) is 0 Å². The number of amides is 1. The van der Waals surface area contributed by atoms with E-state index in [1.54, 1.807) is 36.5 Å². The average Bonchev–Trinajstić information content (AvgIpc) is 3.19. The minimum absolute atomic E-state index is 0.0362. The standard InChI is InChI=1S/C24H26N6O2/c1-4-28-9-10-29(17(3)15-28)23(31)19-6-8-22(26-13-19)30-24(32)21(14-27-30)20-7-5-18(12-25)11-16(20)2/h5-8,11,13-14,17,32H,4,9-10,15H2,1-3H3/t17-/m1/s1. The molecule has 1 aliphatic rings. The molecule has 32 heavy (non-hydrogen) atoms. The zero-order valence-corrected chi connectivity index (χ0v) is 18.5. The molecule has 1 amide bonds. The van der Waals surface area contributed by atoms with Gasteiger partial charge in [0.1, 0.15) is 0 Å². The maximum absolute atomic E-state index is 13.0. The van der Waals surface area contributed by atoms with Crippen molar-refractivity contribution in [2.24, 2.45) is 0 Å². The van der Waals surface area contributed by atoms with Gasteiger partial charge in [0.15, 0.2) is 5.82 Å². The van der Waals surface area contributed by atoms with Gasteiger partial charge in [-0.15, -0.1) is 0 Å². The first-order chi connectivity index (χ1) is 15.4. The fourth-order valence-electron chi connectivity index (χ4n) is 4.16. The van der Waals surface area contributed by atoms with Gasteiger partial charge in [-0.1, -0.05) is 13.0 Å². The summed E-state index contributed by atoms with van der Waals surface area (Å²) in [5.74, 6) is 0.333. The van der Waals surface area contributed by atoms with Crippen molar-refractivity contribution in [3.05, 3.63) is 59.4 Å². The summed E-state index contributed by atoms with van der Waals surface area (Å²) in [4.78, 5) is 21.6. The van der Waals surface area contributed by atoms with E-state index in [-0.39, 0.29) is 17.8 Å². The Labute approximate surface area is 187 Å². The lowest BCUT2D eigenvalue weighted by Gasteiger charge is -2.39. The normalized spacial score (nSPS) is 16.7. The van der Waals surface area contributed by atoms with Crippen molar-refractivity contribution in [2.45, 2.75) is 26.8 Å². The van der Waals surface area contributed by atoms with Crippen molar-refractivity contribution < 1.29 is 9.90 Å². The monoisotopic (exact) mass is 430 g/mol. The zero-order chi connectivity index (χ0) is 22.8. The van der Waals surface area contributed by atoms with Crippen LogP contribution in [0.15, 0.2) is 42.7 Å². The highest BCUT2D eigenvalue weighted by molar-refractivity contribution is 5.94. The molecule has 0 spiro atoms. The van der Waals surface area contributed by atoms with Crippen LogP contribution >= 0.6 is 0 Å². The molecule has 1 aromatic carbocycles. The molecule has 8 nitrogen and oxygen atoms in total. The summed E-state index contributed by atoms with van der Waals surface area (Å²) in [5, 5.41) is 24.1. The van der Waals surface area contributed by atoms with E-state index in [1.165, 1.54) is 10.9 Å². The number of aromatic nitrogens is 3. The van der Waals surface area contributed by atoms with Crippen molar-refractivity contribution in [1.82, 2.24) is 24.6 Å². The van der Waals surface area contributed by atoms with E-state index in [2.05, 4.69) is 34.9 Å². The molecule has 1 saturated heterocycles. The van der Waals surface area contributed by atoms with E-state index in [9.17, 15) is 9.90 Å². The number of likely N-dealkylation sites (N-methyl/N-ethyl adjacent to an activating group) is 1. The van der Waals surface area contributed by atoms with E-state index >= 15 is 0 Å². The number of nitriles is 1. The van der Waals surface area contributed by atoms with Gasteiger partial charge in [-0.2, -0.15) is 15.0 Å². The third kappa shape index (κ3) is 3.95. The Morgan fingerprint density at radius 1 is 1.22 bits per heavy atom. The van der Waals surface area contributed by atoms with Gasteiger partial charge in [0.2, 0.25) is 5.88 Å². The number of carbonyl (C=O) groups excluding carboxylic acids is 1. The maximum atomic E-state index is 13.0. The van der Waals surface area contributed by atoms with E-state index in [4.69, 9.17) is 5.26 Å².